The first-order chi connectivity index (χ1) is 8.26. The molecule has 3 nitrogen and oxygen atoms in total. The van der Waals surface area contributed by atoms with E-state index in [0.29, 0.717) is 0 Å². The number of ether oxygens (including phenoxy) is 2. The van der Waals surface area contributed by atoms with Crippen molar-refractivity contribution in [2.75, 3.05) is 27.3 Å². The molecule has 1 N–H and O–H groups in total. The van der Waals surface area contributed by atoms with Gasteiger partial charge in [0, 0.05) is 7.11 Å². The molecule has 0 spiro atoms. The summed E-state index contributed by atoms with van der Waals surface area (Å²) in [5, 5.41) is 3.12. The molecular formula is C14H23NO2. The SMILES string of the molecule is CNCCC(C)Oc1ccc(CCOC)cc1. The maximum absolute atomic E-state index is 5.80. The second-order valence-corrected chi connectivity index (χ2v) is 4.21. The first-order valence-electron chi connectivity index (χ1n) is 6.15. The smallest absolute Gasteiger partial charge is 0.119 e. The molecule has 0 saturated heterocycles. The molecule has 1 aromatic rings. The lowest BCUT2D eigenvalue weighted by atomic mass is 10.1. The molecule has 0 amide bonds. The number of hydrogen-bond acceptors (Lipinski definition) is 3. The third kappa shape index (κ3) is 5.71. The Bertz CT molecular complexity index is 298. The standard InChI is InChI=1S/C14H23NO2/c1-12(8-10-15-2)17-14-6-4-13(5-7-14)9-11-16-3/h4-7,12,15H,8-11H2,1-3H3. The van der Waals surface area contributed by atoms with Gasteiger partial charge in [-0.1, -0.05) is 12.1 Å². The van der Waals surface area contributed by atoms with Crippen molar-refractivity contribution in [3.63, 3.8) is 0 Å². The van der Waals surface area contributed by atoms with E-state index in [1.807, 2.05) is 19.2 Å². The fraction of sp³-hybridized carbons (Fsp3) is 0.571. The van der Waals surface area contributed by atoms with Crippen molar-refractivity contribution in [3.05, 3.63) is 29.8 Å². The van der Waals surface area contributed by atoms with E-state index in [0.717, 1.165) is 31.7 Å². The largest absolute Gasteiger partial charge is 0.491 e. The maximum atomic E-state index is 5.80. The Labute approximate surface area is 104 Å². The summed E-state index contributed by atoms with van der Waals surface area (Å²) in [6.45, 7) is 3.84. The van der Waals surface area contributed by atoms with Crippen LogP contribution in [-0.4, -0.2) is 33.4 Å². The fourth-order valence-corrected chi connectivity index (χ4v) is 1.59. The third-order valence-electron chi connectivity index (χ3n) is 2.66. The molecule has 0 aromatic heterocycles. The van der Waals surface area contributed by atoms with Crippen LogP contribution in [0.2, 0.25) is 0 Å². The zero-order valence-corrected chi connectivity index (χ0v) is 11.0. The van der Waals surface area contributed by atoms with Gasteiger partial charge in [-0.15, -0.1) is 0 Å². The number of hydrogen-bond donors (Lipinski definition) is 1. The van der Waals surface area contributed by atoms with Crippen LogP contribution in [-0.2, 0) is 11.2 Å². The van der Waals surface area contributed by atoms with Crippen LogP contribution in [0.3, 0.4) is 0 Å². The summed E-state index contributed by atoms with van der Waals surface area (Å²) in [5.74, 6) is 0.940. The summed E-state index contributed by atoms with van der Waals surface area (Å²) in [7, 11) is 3.68. The first-order valence-corrected chi connectivity index (χ1v) is 6.15. The highest BCUT2D eigenvalue weighted by atomic mass is 16.5. The number of rotatable bonds is 8. The van der Waals surface area contributed by atoms with Crippen molar-refractivity contribution in [1.82, 2.24) is 5.32 Å². The first kappa shape index (κ1) is 14.0. The van der Waals surface area contributed by atoms with Crippen LogP contribution < -0.4 is 10.1 Å². The lowest BCUT2D eigenvalue weighted by molar-refractivity contribution is 0.202. The summed E-state index contributed by atoms with van der Waals surface area (Å²) in [5.41, 5.74) is 1.28. The summed E-state index contributed by atoms with van der Waals surface area (Å²) in [6, 6.07) is 8.25. The van der Waals surface area contributed by atoms with Gasteiger partial charge < -0.3 is 14.8 Å². The van der Waals surface area contributed by atoms with Gasteiger partial charge in [0.15, 0.2) is 0 Å². The maximum Gasteiger partial charge on any atom is 0.119 e. The molecule has 3 heteroatoms. The van der Waals surface area contributed by atoms with Crippen molar-refractivity contribution in [3.8, 4) is 5.75 Å². The van der Waals surface area contributed by atoms with E-state index >= 15 is 0 Å². The van der Waals surface area contributed by atoms with Crippen molar-refractivity contribution in [1.29, 1.82) is 0 Å². The van der Waals surface area contributed by atoms with Crippen LogP contribution in [0.4, 0.5) is 0 Å². The summed E-state index contributed by atoms with van der Waals surface area (Å²) in [4.78, 5) is 0. The zero-order chi connectivity index (χ0) is 12.5. The molecule has 1 rings (SSSR count). The molecule has 0 heterocycles. The summed E-state index contributed by atoms with van der Waals surface area (Å²) in [6.07, 6.45) is 2.21. The van der Waals surface area contributed by atoms with Crippen molar-refractivity contribution < 1.29 is 9.47 Å². The number of nitrogens with one attached hydrogen (secondary N) is 1. The van der Waals surface area contributed by atoms with Crippen LogP contribution in [0.15, 0.2) is 24.3 Å². The van der Waals surface area contributed by atoms with Gasteiger partial charge in [-0.3, -0.25) is 0 Å². The molecule has 0 aliphatic rings. The van der Waals surface area contributed by atoms with Gasteiger partial charge in [-0.2, -0.15) is 0 Å². The van der Waals surface area contributed by atoms with Gasteiger partial charge >= 0.3 is 0 Å². The highest BCUT2D eigenvalue weighted by Crippen LogP contribution is 2.15. The Kier molecular flexibility index (Phi) is 6.67. The van der Waals surface area contributed by atoms with E-state index in [1.54, 1.807) is 7.11 Å². The molecule has 17 heavy (non-hydrogen) atoms. The van der Waals surface area contributed by atoms with Gasteiger partial charge in [0.2, 0.25) is 0 Å². The van der Waals surface area contributed by atoms with Gasteiger partial charge in [-0.05, 0) is 51.1 Å². The van der Waals surface area contributed by atoms with E-state index < -0.39 is 0 Å². The summed E-state index contributed by atoms with van der Waals surface area (Å²) >= 11 is 0. The normalized spacial score (nSPS) is 12.4. The molecular weight excluding hydrogens is 214 g/mol. The van der Waals surface area contributed by atoms with Crippen molar-refractivity contribution in [2.24, 2.45) is 0 Å². The van der Waals surface area contributed by atoms with E-state index in [-0.39, 0.29) is 6.10 Å². The van der Waals surface area contributed by atoms with Gasteiger partial charge in [0.1, 0.15) is 5.75 Å². The zero-order valence-electron chi connectivity index (χ0n) is 11.0. The van der Waals surface area contributed by atoms with Gasteiger partial charge in [0.05, 0.1) is 12.7 Å². The average molecular weight is 237 g/mol. The van der Waals surface area contributed by atoms with E-state index in [2.05, 4.69) is 24.4 Å². The Morgan fingerprint density at radius 3 is 2.53 bits per heavy atom. The molecule has 0 aliphatic carbocycles. The molecule has 0 fully saturated rings. The summed E-state index contributed by atoms with van der Waals surface area (Å²) < 4.78 is 10.9. The third-order valence-corrected chi connectivity index (χ3v) is 2.66. The predicted octanol–water partition coefficient (Wildman–Crippen LogP) is 2.25. The Balaban J connectivity index is 2.39. The second kappa shape index (κ2) is 8.09. The molecule has 0 bridgehead atoms. The molecule has 0 radical (unpaired) electrons. The van der Waals surface area contributed by atoms with Crippen molar-refractivity contribution in [2.45, 2.75) is 25.9 Å². The fourth-order valence-electron chi connectivity index (χ4n) is 1.59. The minimum Gasteiger partial charge on any atom is -0.491 e. The van der Waals surface area contributed by atoms with E-state index in [9.17, 15) is 0 Å². The molecule has 1 unspecified atom stereocenters. The highest BCUT2D eigenvalue weighted by molar-refractivity contribution is 5.27. The Morgan fingerprint density at radius 2 is 1.94 bits per heavy atom. The van der Waals surface area contributed by atoms with Gasteiger partial charge in [0.25, 0.3) is 0 Å². The van der Waals surface area contributed by atoms with Gasteiger partial charge in [-0.25, -0.2) is 0 Å². The lowest BCUT2D eigenvalue weighted by Crippen LogP contribution is -2.19. The van der Waals surface area contributed by atoms with Crippen molar-refractivity contribution >= 4 is 0 Å². The Morgan fingerprint density at radius 1 is 1.24 bits per heavy atom. The topological polar surface area (TPSA) is 30.5 Å². The molecule has 1 aromatic carbocycles. The monoisotopic (exact) mass is 237 g/mol. The minimum absolute atomic E-state index is 0.243. The molecule has 0 saturated carbocycles. The number of methoxy groups -OCH3 is 1. The predicted molar refractivity (Wildman–Crippen MR) is 70.7 cm³/mol. The quantitative estimate of drug-likeness (QED) is 0.752. The Hall–Kier alpha value is -1.06. The van der Waals surface area contributed by atoms with Crippen LogP contribution >= 0.6 is 0 Å². The van der Waals surface area contributed by atoms with Crippen LogP contribution in [0.25, 0.3) is 0 Å². The van der Waals surface area contributed by atoms with E-state index in [1.165, 1.54) is 5.56 Å². The van der Waals surface area contributed by atoms with E-state index in [4.69, 9.17) is 9.47 Å². The second-order valence-electron chi connectivity index (χ2n) is 4.21. The molecule has 96 valence electrons. The molecule has 1 atom stereocenters. The number of benzene rings is 1. The van der Waals surface area contributed by atoms with Crippen LogP contribution in [0.5, 0.6) is 5.75 Å². The molecule has 0 aliphatic heterocycles. The highest BCUT2D eigenvalue weighted by Gasteiger charge is 2.03. The minimum atomic E-state index is 0.243. The van der Waals surface area contributed by atoms with Crippen LogP contribution in [0.1, 0.15) is 18.9 Å². The lowest BCUT2D eigenvalue weighted by Gasteiger charge is -2.14. The average Bonchev–Trinajstić information content (AvgIpc) is 2.35. The van der Waals surface area contributed by atoms with Crippen LogP contribution in [0, 0.1) is 0 Å².